The Balaban J connectivity index is 1.76. The number of hydrogen-bond acceptors (Lipinski definition) is 5. The average Bonchev–Trinajstić information content (AvgIpc) is 3.01. The second-order valence-corrected chi connectivity index (χ2v) is 10.8. The van der Waals surface area contributed by atoms with Crippen LogP contribution in [0.2, 0.25) is 0 Å². The maximum absolute atomic E-state index is 13.2. The third-order valence-corrected chi connectivity index (χ3v) is 7.52. The molecule has 3 fully saturated rings. The maximum Gasteiger partial charge on any atom is 0.307 e. The summed E-state index contributed by atoms with van der Waals surface area (Å²) in [5.74, 6) is 1.87. The first kappa shape index (κ1) is 22.5. The Morgan fingerprint density at radius 3 is 2.69 bits per heavy atom. The molecular formula is C23H36N2O3S. The van der Waals surface area contributed by atoms with Crippen LogP contribution >= 0.6 is 12.6 Å². The predicted octanol–water partition coefficient (Wildman–Crippen LogP) is 4.37. The summed E-state index contributed by atoms with van der Waals surface area (Å²) < 4.78 is 6.12. The van der Waals surface area contributed by atoms with E-state index in [2.05, 4.69) is 39.5 Å². The van der Waals surface area contributed by atoms with Gasteiger partial charge in [0.1, 0.15) is 11.6 Å². The van der Waals surface area contributed by atoms with Gasteiger partial charge in [-0.15, -0.1) is 0 Å². The number of hydrogen-bond donors (Lipinski definition) is 1. The molecule has 1 saturated heterocycles. The number of carbonyl (C=O) groups excluding carboxylic acids is 2. The molecule has 29 heavy (non-hydrogen) atoms. The number of amides is 1. The average molecular weight is 421 g/mol. The van der Waals surface area contributed by atoms with Crippen LogP contribution < -0.4 is 0 Å². The van der Waals surface area contributed by atoms with E-state index in [9.17, 15) is 14.9 Å². The van der Waals surface area contributed by atoms with E-state index < -0.39 is 5.60 Å². The number of likely N-dealkylation sites (tertiary alicyclic amines) is 1. The minimum atomic E-state index is -0.441. The molecule has 3 rings (SSSR count). The van der Waals surface area contributed by atoms with Crippen LogP contribution in [0.1, 0.15) is 78.6 Å². The van der Waals surface area contributed by atoms with Crippen LogP contribution in [0.5, 0.6) is 0 Å². The van der Waals surface area contributed by atoms with Crippen molar-refractivity contribution in [1.82, 2.24) is 4.90 Å². The van der Waals surface area contributed by atoms with E-state index in [4.69, 9.17) is 4.74 Å². The van der Waals surface area contributed by atoms with Crippen molar-refractivity contribution in [2.24, 2.45) is 23.2 Å². The smallest absolute Gasteiger partial charge is 0.307 e. The maximum atomic E-state index is 13.2. The zero-order chi connectivity index (χ0) is 21.2. The fraction of sp³-hybridized carbons (Fsp3) is 0.870. The monoisotopic (exact) mass is 420 g/mol. The van der Waals surface area contributed by atoms with E-state index in [1.165, 1.54) is 0 Å². The molecular weight excluding hydrogens is 384 g/mol. The highest BCUT2D eigenvalue weighted by Crippen LogP contribution is 2.56. The summed E-state index contributed by atoms with van der Waals surface area (Å²) >= 11 is 4.18. The molecule has 0 aromatic heterocycles. The molecule has 2 aliphatic carbocycles. The summed E-state index contributed by atoms with van der Waals surface area (Å²) in [5.41, 5.74) is -0.629. The quantitative estimate of drug-likeness (QED) is 0.512. The van der Waals surface area contributed by atoms with Crippen molar-refractivity contribution in [3.8, 4) is 6.07 Å². The SMILES string of the molecule is CCC1CC2CC(C)(CC(=O)N3CC(C)CC3C#N)CC(OC(=O)CCS)(C1)C2. The molecule has 1 aliphatic heterocycles. The van der Waals surface area contributed by atoms with Crippen LogP contribution in [0, 0.1) is 34.5 Å². The van der Waals surface area contributed by atoms with Crippen LogP contribution in [0.25, 0.3) is 0 Å². The van der Waals surface area contributed by atoms with E-state index in [0.717, 1.165) is 44.9 Å². The highest BCUT2D eigenvalue weighted by atomic mass is 32.1. The van der Waals surface area contributed by atoms with Crippen molar-refractivity contribution in [3.05, 3.63) is 0 Å². The lowest BCUT2D eigenvalue weighted by Gasteiger charge is -2.54. The van der Waals surface area contributed by atoms with Crippen molar-refractivity contribution in [1.29, 1.82) is 5.26 Å². The van der Waals surface area contributed by atoms with Gasteiger partial charge in [0.2, 0.25) is 5.91 Å². The van der Waals surface area contributed by atoms with E-state index >= 15 is 0 Å². The van der Waals surface area contributed by atoms with Gasteiger partial charge in [-0.2, -0.15) is 17.9 Å². The van der Waals surface area contributed by atoms with Gasteiger partial charge in [0, 0.05) is 18.7 Å². The zero-order valence-corrected chi connectivity index (χ0v) is 19.0. The van der Waals surface area contributed by atoms with Gasteiger partial charge in [0.05, 0.1) is 12.5 Å². The van der Waals surface area contributed by atoms with Crippen molar-refractivity contribution in [2.75, 3.05) is 12.3 Å². The first-order chi connectivity index (χ1) is 13.7. The number of esters is 1. The van der Waals surface area contributed by atoms with E-state index in [0.29, 0.717) is 42.9 Å². The molecule has 6 heteroatoms. The zero-order valence-electron chi connectivity index (χ0n) is 18.2. The van der Waals surface area contributed by atoms with E-state index in [1.54, 1.807) is 4.90 Å². The lowest BCUT2D eigenvalue weighted by molar-refractivity contribution is -0.182. The number of carbonyl (C=O) groups is 2. The molecule has 2 bridgehead atoms. The minimum absolute atomic E-state index is 0.0900. The second-order valence-electron chi connectivity index (χ2n) is 10.3. The van der Waals surface area contributed by atoms with Gasteiger partial charge in [-0.05, 0) is 61.7 Å². The van der Waals surface area contributed by atoms with Gasteiger partial charge in [0.25, 0.3) is 0 Å². The van der Waals surface area contributed by atoms with Gasteiger partial charge >= 0.3 is 5.97 Å². The van der Waals surface area contributed by atoms with Gasteiger partial charge < -0.3 is 9.64 Å². The number of ether oxygens (including phenoxy) is 1. The molecule has 5 nitrogen and oxygen atoms in total. The Morgan fingerprint density at radius 1 is 1.28 bits per heavy atom. The van der Waals surface area contributed by atoms with E-state index in [-0.39, 0.29) is 23.3 Å². The predicted molar refractivity (Wildman–Crippen MR) is 115 cm³/mol. The van der Waals surface area contributed by atoms with Crippen molar-refractivity contribution in [2.45, 2.75) is 90.2 Å². The molecule has 0 N–H and O–H groups in total. The molecule has 162 valence electrons. The van der Waals surface area contributed by atoms with Crippen molar-refractivity contribution >= 4 is 24.5 Å². The number of rotatable bonds is 6. The van der Waals surface area contributed by atoms with Crippen LogP contribution in [0.4, 0.5) is 0 Å². The summed E-state index contributed by atoms with van der Waals surface area (Å²) in [5, 5.41) is 9.44. The lowest BCUT2D eigenvalue weighted by atomic mass is 9.56. The molecule has 1 amide bonds. The topological polar surface area (TPSA) is 70.4 Å². The van der Waals surface area contributed by atoms with Gasteiger partial charge in [-0.3, -0.25) is 9.59 Å². The Kier molecular flexibility index (Phi) is 6.88. The van der Waals surface area contributed by atoms with Crippen molar-refractivity contribution < 1.29 is 14.3 Å². The van der Waals surface area contributed by atoms with Gasteiger partial charge in [-0.25, -0.2) is 0 Å². The third kappa shape index (κ3) is 5.10. The minimum Gasteiger partial charge on any atom is -0.459 e. The highest BCUT2D eigenvalue weighted by molar-refractivity contribution is 7.80. The fourth-order valence-corrected chi connectivity index (χ4v) is 6.66. The lowest BCUT2D eigenvalue weighted by Crippen LogP contribution is -2.52. The molecule has 0 aromatic carbocycles. The number of nitriles is 1. The molecule has 1 heterocycles. The summed E-state index contributed by atoms with van der Waals surface area (Å²) in [4.78, 5) is 27.3. The third-order valence-electron chi connectivity index (χ3n) is 7.30. The largest absolute Gasteiger partial charge is 0.459 e. The normalized spacial score (nSPS) is 39.1. The standard InChI is InChI=1S/C23H36N2O3S/c1-4-17-8-18-9-22(3,12-20(26)25-14-16(2)7-19(25)13-24)15-23(10-17,11-18)28-21(27)5-6-29/h16-19,29H,4-12,14-15H2,1-3H3. The first-order valence-electron chi connectivity index (χ1n) is 11.2. The molecule has 2 saturated carbocycles. The molecule has 0 aromatic rings. The van der Waals surface area contributed by atoms with Crippen molar-refractivity contribution in [3.63, 3.8) is 0 Å². The highest BCUT2D eigenvalue weighted by Gasteiger charge is 2.53. The van der Waals surface area contributed by atoms with Gasteiger partial charge in [-0.1, -0.05) is 27.2 Å². The van der Waals surface area contributed by atoms with E-state index in [1.807, 2.05) is 0 Å². The summed E-state index contributed by atoms with van der Waals surface area (Å²) in [6.45, 7) is 7.18. The summed E-state index contributed by atoms with van der Waals surface area (Å²) in [7, 11) is 0. The number of thiol groups is 1. The fourth-order valence-electron chi connectivity index (χ4n) is 6.48. The summed E-state index contributed by atoms with van der Waals surface area (Å²) in [6, 6.07) is 2.01. The molecule has 3 aliphatic rings. The Hall–Kier alpha value is -1.22. The second kappa shape index (κ2) is 8.88. The number of fused-ring (bicyclic) bond motifs is 2. The van der Waals surface area contributed by atoms with Gasteiger partial charge in [0.15, 0.2) is 0 Å². The van der Waals surface area contributed by atoms with Crippen LogP contribution in [-0.2, 0) is 14.3 Å². The Labute approximate surface area is 180 Å². The summed E-state index contributed by atoms with van der Waals surface area (Å²) in [6.07, 6.45) is 7.39. The Morgan fingerprint density at radius 2 is 2.03 bits per heavy atom. The Bertz CT molecular complexity index is 678. The molecule has 0 radical (unpaired) electrons. The van der Waals surface area contributed by atoms with Crippen LogP contribution in [-0.4, -0.2) is 40.7 Å². The number of nitrogens with zero attached hydrogens (tertiary/aromatic N) is 2. The molecule has 0 spiro atoms. The molecule has 6 atom stereocenters. The first-order valence-corrected chi connectivity index (χ1v) is 11.9. The van der Waals surface area contributed by atoms with Crippen LogP contribution in [0.15, 0.2) is 0 Å². The van der Waals surface area contributed by atoms with Crippen LogP contribution in [0.3, 0.4) is 0 Å². The molecule has 6 unspecified atom stereocenters.